The molecule has 1 heterocycles. The quantitative estimate of drug-likeness (QED) is 0.757. The zero-order chi connectivity index (χ0) is 16.2. The van der Waals surface area contributed by atoms with Crippen LogP contribution in [0.25, 0.3) is 0 Å². The number of nitrogens with zero attached hydrogens (tertiary/aromatic N) is 2. The van der Waals surface area contributed by atoms with Crippen LogP contribution >= 0.6 is 0 Å². The number of carbonyl (C=O) groups excluding carboxylic acids is 1. The van der Waals surface area contributed by atoms with Gasteiger partial charge in [-0.05, 0) is 24.0 Å². The highest BCUT2D eigenvalue weighted by molar-refractivity contribution is 5.87. The van der Waals surface area contributed by atoms with E-state index in [1.54, 1.807) is 0 Å². The number of aryl methyl sites for hydroxylation is 1. The van der Waals surface area contributed by atoms with E-state index >= 15 is 0 Å². The fraction of sp³-hybridized carbons (Fsp3) is 0.400. The van der Waals surface area contributed by atoms with Gasteiger partial charge in [-0.25, -0.2) is 9.89 Å². The number of H-pyrrole nitrogens is 1. The van der Waals surface area contributed by atoms with E-state index in [-0.39, 0.29) is 18.1 Å². The van der Waals surface area contributed by atoms with Crippen molar-refractivity contribution in [2.75, 3.05) is 12.0 Å². The van der Waals surface area contributed by atoms with E-state index in [0.717, 1.165) is 11.3 Å². The van der Waals surface area contributed by atoms with E-state index < -0.39 is 6.03 Å². The first-order chi connectivity index (χ1) is 10.4. The van der Waals surface area contributed by atoms with Gasteiger partial charge in [0.15, 0.2) is 6.73 Å². The van der Waals surface area contributed by atoms with Crippen LogP contribution in [-0.2, 0) is 5.41 Å². The Kier molecular flexibility index (Phi) is 4.65. The Balaban J connectivity index is 1.93. The number of anilines is 1. The van der Waals surface area contributed by atoms with E-state index in [2.05, 4.69) is 52.7 Å². The van der Waals surface area contributed by atoms with Crippen LogP contribution in [0, 0.1) is 6.92 Å². The number of carbonyl (C=O) groups is 1. The topological polar surface area (TPSA) is 91.9 Å². The lowest BCUT2D eigenvalue weighted by Crippen LogP contribution is -2.32. The minimum absolute atomic E-state index is 0.0382. The Bertz CT molecular complexity index is 632. The molecule has 0 aliphatic carbocycles. The van der Waals surface area contributed by atoms with Crippen molar-refractivity contribution in [1.29, 1.82) is 0 Å². The van der Waals surface area contributed by atoms with Crippen molar-refractivity contribution in [3.8, 4) is 5.75 Å². The van der Waals surface area contributed by atoms with E-state index in [4.69, 9.17) is 4.74 Å². The lowest BCUT2D eigenvalue weighted by Gasteiger charge is -2.23. The lowest BCUT2D eigenvalue weighted by atomic mass is 9.85. The number of hydrogen-bond acceptors (Lipinski definition) is 4. The highest BCUT2D eigenvalue weighted by Gasteiger charge is 2.19. The first-order valence-electron chi connectivity index (χ1n) is 7.00. The zero-order valence-corrected chi connectivity index (χ0v) is 13.2. The van der Waals surface area contributed by atoms with Crippen LogP contribution in [-0.4, -0.2) is 27.9 Å². The molecule has 0 atom stereocenters. The molecule has 2 amide bonds. The first kappa shape index (κ1) is 15.8. The van der Waals surface area contributed by atoms with Gasteiger partial charge in [-0.2, -0.15) is 10.1 Å². The molecular weight excluding hydrogens is 282 g/mol. The average molecular weight is 303 g/mol. The summed E-state index contributed by atoms with van der Waals surface area (Å²) in [6, 6.07) is 5.59. The van der Waals surface area contributed by atoms with Crippen LogP contribution in [0.4, 0.5) is 10.7 Å². The minimum atomic E-state index is -0.416. The standard InChI is InChI=1S/C15H21N5O2/c1-10-5-6-12(11(7-10)15(2,3)4)22-9-17-14(21)19-13-16-8-18-20-13/h5-8H,9H2,1-4H3,(H3,16,17,18,19,20,21). The van der Waals surface area contributed by atoms with Gasteiger partial charge in [0.05, 0.1) is 0 Å². The summed E-state index contributed by atoms with van der Waals surface area (Å²) in [4.78, 5) is 15.4. The monoisotopic (exact) mass is 303 g/mol. The molecule has 0 aliphatic rings. The maximum absolute atomic E-state index is 11.6. The third-order valence-corrected chi connectivity index (χ3v) is 3.05. The molecule has 0 saturated carbocycles. The highest BCUT2D eigenvalue weighted by Crippen LogP contribution is 2.31. The number of aromatic nitrogens is 3. The molecular formula is C15H21N5O2. The second kappa shape index (κ2) is 6.46. The van der Waals surface area contributed by atoms with Gasteiger partial charge >= 0.3 is 6.03 Å². The number of urea groups is 1. The second-order valence-electron chi connectivity index (χ2n) is 6.00. The maximum Gasteiger partial charge on any atom is 0.324 e. The molecule has 22 heavy (non-hydrogen) atoms. The van der Waals surface area contributed by atoms with E-state index in [1.807, 2.05) is 19.1 Å². The largest absolute Gasteiger partial charge is 0.473 e. The Morgan fingerprint density at radius 2 is 2.14 bits per heavy atom. The molecule has 0 bridgehead atoms. The lowest BCUT2D eigenvalue weighted by molar-refractivity contribution is 0.233. The number of benzene rings is 1. The van der Waals surface area contributed by atoms with Crippen molar-refractivity contribution in [2.24, 2.45) is 0 Å². The summed E-state index contributed by atoms with van der Waals surface area (Å²) in [5.74, 6) is 1.04. The second-order valence-corrected chi connectivity index (χ2v) is 6.00. The van der Waals surface area contributed by atoms with Crippen LogP contribution in [0.5, 0.6) is 5.75 Å². The summed E-state index contributed by atoms with van der Waals surface area (Å²) in [6.45, 7) is 8.48. The van der Waals surface area contributed by atoms with Crippen molar-refractivity contribution >= 4 is 12.0 Å². The maximum atomic E-state index is 11.6. The van der Waals surface area contributed by atoms with Gasteiger partial charge in [0.25, 0.3) is 0 Å². The van der Waals surface area contributed by atoms with Gasteiger partial charge < -0.3 is 10.1 Å². The molecule has 0 fully saturated rings. The van der Waals surface area contributed by atoms with Crippen LogP contribution in [0.2, 0.25) is 0 Å². The van der Waals surface area contributed by atoms with Crippen LogP contribution in [0.1, 0.15) is 31.9 Å². The van der Waals surface area contributed by atoms with Gasteiger partial charge in [-0.1, -0.05) is 38.5 Å². The summed E-state index contributed by atoms with van der Waals surface area (Å²) in [7, 11) is 0. The number of ether oxygens (including phenoxy) is 1. The number of hydrogen-bond donors (Lipinski definition) is 3. The van der Waals surface area contributed by atoms with Gasteiger partial charge in [-0.15, -0.1) is 0 Å². The fourth-order valence-corrected chi connectivity index (χ4v) is 1.95. The molecule has 118 valence electrons. The van der Waals surface area contributed by atoms with Crippen molar-refractivity contribution in [2.45, 2.75) is 33.1 Å². The van der Waals surface area contributed by atoms with E-state index in [9.17, 15) is 4.79 Å². The molecule has 1 aromatic carbocycles. The highest BCUT2D eigenvalue weighted by atomic mass is 16.5. The minimum Gasteiger partial charge on any atom is -0.473 e. The molecule has 2 aromatic rings. The summed E-state index contributed by atoms with van der Waals surface area (Å²) in [6.07, 6.45) is 1.31. The van der Waals surface area contributed by atoms with Gasteiger partial charge in [0.2, 0.25) is 5.95 Å². The first-order valence-corrected chi connectivity index (χ1v) is 7.00. The number of amides is 2. The summed E-state index contributed by atoms with van der Waals surface area (Å²) in [5.41, 5.74) is 2.24. The normalized spacial score (nSPS) is 11.1. The third-order valence-electron chi connectivity index (χ3n) is 3.05. The number of aromatic amines is 1. The third kappa shape index (κ3) is 4.21. The zero-order valence-electron chi connectivity index (χ0n) is 13.2. The molecule has 3 N–H and O–H groups in total. The molecule has 0 unspecified atom stereocenters. The molecule has 7 nitrogen and oxygen atoms in total. The molecule has 0 aliphatic heterocycles. The van der Waals surface area contributed by atoms with E-state index in [0.29, 0.717) is 0 Å². The summed E-state index contributed by atoms with van der Waals surface area (Å²) < 4.78 is 5.69. The molecule has 0 saturated heterocycles. The van der Waals surface area contributed by atoms with Crippen LogP contribution in [0.15, 0.2) is 24.5 Å². The Labute approximate surface area is 129 Å². The van der Waals surface area contributed by atoms with Crippen molar-refractivity contribution in [3.63, 3.8) is 0 Å². The van der Waals surface area contributed by atoms with Crippen molar-refractivity contribution < 1.29 is 9.53 Å². The molecule has 0 spiro atoms. The predicted molar refractivity (Wildman–Crippen MR) is 83.9 cm³/mol. The average Bonchev–Trinajstić information content (AvgIpc) is 2.92. The van der Waals surface area contributed by atoms with Gasteiger partial charge in [0, 0.05) is 0 Å². The predicted octanol–water partition coefficient (Wildman–Crippen LogP) is 2.57. The Hall–Kier alpha value is -2.57. The summed E-state index contributed by atoms with van der Waals surface area (Å²) >= 11 is 0. The molecule has 2 rings (SSSR count). The van der Waals surface area contributed by atoms with Crippen LogP contribution in [0.3, 0.4) is 0 Å². The molecule has 1 aromatic heterocycles. The number of rotatable bonds is 4. The Morgan fingerprint density at radius 3 is 2.77 bits per heavy atom. The van der Waals surface area contributed by atoms with Gasteiger partial charge in [-0.3, -0.25) is 5.32 Å². The van der Waals surface area contributed by atoms with Crippen molar-refractivity contribution in [1.82, 2.24) is 20.5 Å². The molecule has 0 radical (unpaired) electrons. The van der Waals surface area contributed by atoms with Crippen LogP contribution < -0.4 is 15.4 Å². The van der Waals surface area contributed by atoms with E-state index in [1.165, 1.54) is 11.9 Å². The molecule has 7 heteroatoms. The Morgan fingerprint density at radius 1 is 1.36 bits per heavy atom. The van der Waals surface area contributed by atoms with Gasteiger partial charge in [0.1, 0.15) is 12.1 Å². The smallest absolute Gasteiger partial charge is 0.324 e. The fourth-order valence-electron chi connectivity index (χ4n) is 1.95. The summed E-state index contributed by atoms with van der Waals surface area (Å²) in [5, 5.41) is 11.3. The van der Waals surface area contributed by atoms with Crippen molar-refractivity contribution in [3.05, 3.63) is 35.7 Å². The SMILES string of the molecule is Cc1ccc(OCNC(=O)Nc2ncn[nH]2)c(C(C)(C)C)c1. The number of nitrogens with one attached hydrogen (secondary N) is 3.